The average Bonchev–Trinajstić information content (AvgIpc) is 2.40. The molecule has 94 valence electrons. The molecule has 2 atom stereocenters. The Morgan fingerprint density at radius 3 is 2.82 bits per heavy atom. The van der Waals surface area contributed by atoms with Crippen molar-refractivity contribution in [2.45, 2.75) is 31.3 Å². The van der Waals surface area contributed by atoms with Crippen LogP contribution in [0.3, 0.4) is 0 Å². The lowest BCUT2D eigenvalue weighted by molar-refractivity contribution is 0.230. The van der Waals surface area contributed by atoms with Gasteiger partial charge in [-0.3, -0.25) is 0 Å². The highest BCUT2D eigenvalue weighted by Crippen LogP contribution is 2.17. The molecule has 0 amide bonds. The van der Waals surface area contributed by atoms with Crippen LogP contribution in [0.1, 0.15) is 18.4 Å². The molecular weight excluding hydrogens is 230 g/mol. The molecule has 1 aromatic rings. The summed E-state index contributed by atoms with van der Waals surface area (Å²) in [5.41, 5.74) is 1.29. The molecule has 2 N–H and O–H groups in total. The maximum Gasteiger partial charge on any atom is 0.0587 e. The van der Waals surface area contributed by atoms with Gasteiger partial charge in [-0.1, -0.05) is 30.3 Å². The van der Waals surface area contributed by atoms with E-state index in [2.05, 4.69) is 29.6 Å². The van der Waals surface area contributed by atoms with E-state index in [1.54, 1.807) is 0 Å². The molecule has 0 saturated carbocycles. The molecule has 3 heteroatoms. The SMILES string of the molecule is OC[C@@H](Cc1ccccc1)NC1CCCSC1. The van der Waals surface area contributed by atoms with Gasteiger partial charge in [-0.2, -0.15) is 11.8 Å². The minimum atomic E-state index is 0.195. The largest absolute Gasteiger partial charge is 0.395 e. The van der Waals surface area contributed by atoms with E-state index in [4.69, 9.17) is 0 Å². The van der Waals surface area contributed by atoms with Crippen molar-refractivity contribution in [2.24, 2.45) is 0 Å². The van der Waals surface area contributed by atoms with Gasteiger partial charge in [0.05, 0.1) is 6.61 Å². The number of benzene rings is 1. The first-order chi connectivity index (χ1) is 8.38. The summed E-state index contributed by atoms with van der Waals surface area (Å²) in [5.74, 6) is 2.48. The highest BCUT2D eigenvalue weighted by Gasteiger charge is 2.17. The highest BCUT2D eigenvalue weighted by atomic mass is 32.2. The van der Waals surface area contributed by atoms with Gasteiger partial charge in [0, 0.05) is 17.8 Å². The molecular formula is C14H21NOS. The van der Waals surface area contributed by atoms with Crippen LogP contribution in [0.2, 0.25) is 0 Å². The number of aliphatic hydroxyl groups is 1. The van der Waals surface area contributed by atoms with Gasteiger partial charge in [0.2, 0.25) is 0 Å². The Morgan fingerprint density at radius 1 is 1.35 bits per heavy atom. The fraction of sp³-hybridized carbons (Fsp3) is 0.571. The summed E-state index contributed by atoms with van der Waals surface area (Å²) >= 11 is 2.02. The lowest BCUT2D eigenvalue weighted by Gasteiger charge is -2.27. The summed E-state index contributed by atoms with van der Waals surface area (Å²) in [4.78, 5) is 0. The summed E-state index contributed by atoms with van der Waals surface area (Å²) in [7, 11) is 0. The summed E-state index contributed by atoms with van der Waals surface area (Å²) < 4.78 is 0. The lowest BCUT2D eigenvalue weighted by atomic mass is 10.0. The van der Waals surface area contributed by atoms with E-state index in [0.717, 1.165) is 6.42 Å². The van der Waals surface area contributed by atoms with Crippen molar-refractivity contribution in [2.75, 3.05) is 18.1 Å². The van der Waals surface area contributed by atoms with E-state index >= 15 is 0 Å². The van der Waals surface area contributed by atoms with Gasteiger partial charge in [0.1, 0.15) is 0 Å². The number of hydrogen-bond acceptors (Lipinski definition) is 3. The molecule has 1 aromatic carbocycles. The van der Waals surface area contributed by atoms with E-state index in [9.17, 15) is 5.11 Å². The lowest BCUT2D eigenvalue weighted by Crippen LogP contribution is -2.44. The van der Waals surface area contributed by atoms with Gasteiger partial charge in [-0.25, -0.2) is 0 Å². The minimum absolute atomic E-state index is 0.195. The highest BCUT2D eigenvalue weighted by molar-refractivity contribution is 7.99. The number of rotatable bonds is 5. The van der Waals surface area contributed by atoms with E-state index in [0.29, 0.717) is 6.04 Å². The molecule has 0 bridgehead atoms. The molecule has 2 rings (SSSR count). The van der Waals surface area contributed by atoms with Gasteiger partial charge in [-0.15, -0.1) is 0 Å². The molecule has 0 spiro atoms. The maximum absolute atomic E-state index is 9.45. The van der Waals surface area contributed by atoms with Crippen LogP contribution in [0, 0.1) is 0 Å². The van der Waals surface area contributed by atoms with Crippen LogP contribution in [0.25, 0.3) is 0 Å². The van der Waals surface area contributed by atoms with Crippen LogP contribution in [0.4, 0.5) is 0 Å². The molecule has 0 aliphatic carbocycles. The summed E-state index contributed by atoms with van der Waals surface area (Å²) in [6.45, 7) is 0.218. The van der Waals surface area contributed by atoms with Gasteiger partial charge in [0.15, 0.2) is 0 Å². The predicted molar refractivity (Wildman–Crippen MR) is 74.5 cm³/mol. The fourth-order valence-corrected chi connectivity index (χ4v) is 3.37. The van der Waals surface area contributed by atoms with Crippen molar-refractivity contribution < 1.29 is 5.11 Å². The molecule has 1 heterocycles. The molecule has 1 aliphatic rings. The Morgan fingerprint density at radius 2 is 2.18 bits per heavy atom. The molecule has 1 saturated heterocycles. The standard InChI is InChI=1S/C14H21NOS/c16-10-14(9-12-5-2-1-3-6-12)15-13-7-4-8-17-11-13/h1-3,5-6,13-16H,4,7-11H2/t13?,14-/m1/s1. The van der Waals surface area contributed by atoms with E-state index < -0.39 is 0 Å². The number of aliphatic hydroxyl groups excluding tert-OH is 1. The second kappa shape index (κ2) is 7.04. The van der Waals surface area contributed by atoms with E-state index in [-0.39, 0.29) is 12.6 Å². The second-order valence-electron chi connectivity index (χ2n) is 4.65. The van der Waals surface area contributed by atoms with Crippen LogP contribution in [-0.4, -0.2) is 35.3 Å². The Labute approximate surface area is 108 Å². The topological polar surface area (TPSA) is 32.3 Å². The first kappa shape index (κ1) is 12.9. The second-order valence-corrected chi connectivity index (χ2v) is 5.80. The third-order valence-corrected chi connectivity index (χ3v) is 4.39. The quantitative estimate of drug-likeness (QED) is 0.840. The monoisotopic (exact) mass is 251 g/mol. The minimum Gasteiger partial charge on any atom is -0.395 e. The molecule has 1 unspecified atom stereocenters. The first-order valence-electron chi connectivity index (χ1n) is 6.37. The Kier molecular flexibility index (Phi) is 5.36. The Bertz CT molecular complexity index is 311. The smallest absolute Gasteiger partial charge is 0.0587 e. The zero-order valence-electron chi connectivity index (χ0n) is 10.1. The summed E-state index contributed by atoms with van der Waals surface area (Å²) in [6, 6.07) is 11.2. The van der Waals surface area contributed by atoms with Crippen molar-refractivity contribution in [3.63, 3.8) is 0 Å². The number of thioether (sulfide) groups is 1. The zero-order valence-corrected chi connectivity index (χ0v) is 11.0. The average molecular weight is 251 g/mol. The third-order valence-electron chi connectivity index (χ3n) is 3.18. The van der Waals surface area contributed by atoms with Crippen LogP contribution >= 0.6 is 11.8 Å². The predicted octanol–water partition coefficient (Wildman–Crippen LogP) is 2.08. The van der Waals surface area contributed by atoms with Crippen molar-refractivity contribution in [1.29, 1.82) is 0 Å². The van der Waals surface area contributed by atoms with Crippen molar-refractivity contribution >= 4 is 11.8 Å². The third kappa shape index (κ3) is 4.34. The molecule has 0 radical (unpaired) electrons. The van der Waals surface area contributed by atoms with Gasteiger partial charge >= 0.3 is 0 Å². The van der Waals surface area contributed by atoms with Crippen molar-refractivity contribution in [3.05, 3.63) is 35.9 Å². The Hall–Kier alpha value is -0.510. The molecule has 17 heavy (non-hydrogen) atoms. The number of hydrogen-bond donors (Lipinski definition) is 2. The fourth-order valence-electron chi connectivity index (χ4n) is 2.28. The molecule has 1 aliphatic heterocycles. The normalized spacial score (nSPS) is 22.3. The zero-order chi connectivity index (χ0) is 11.9. The van der Waals surface area contributed by atoms with Crippen LogP contribution in [0.15, 0.2) is 30.3 Å². The van der Waals surface area contributed by atoms with Gasteiger partial charge < -0.3 is 10.4 Å². The van der Waals surface area contributed by atoms with Crippen molar-refractivity contribution in [1.82, 2.24) is 5.32 Å². The summed E-state index contributed by atoms with van der Waals surface area (Å²) in [6.07, 6.45) is 3.46. The van der Waals surface area contributed by atoms with Crippen LogP contribution in [-0.2, 0) is 6.42 Å². The van der Waals surface area contributed by atoms with Crippen LogP contribution < -0.4 is 5.32 Å². The molecule has 2 nitrogen and oxygen atoms in total. The van der Waals surface area contributed by atoms with Crippen LogP contribution in [0.5, 0.6) is 0 Å². The Balaban J connectivity index is 1.83. The maximum atomic E-state index is 9.45. The first-order valence-corrected chi connectivity index (χ1v) is 7.52. The van der Waals surface area contributed by atoms with Crippen molar-refractivity contribution in [3.8, 4) is 0 Å². The van der Waals surface area contributed by atoms with Gasteiger partial charge in [-0.05, 0) is 30.6 Å². The van der Waals surface area contributed by atoms with E-state index in [1.165, 1.54) is 29.9 Å². The molecule has 1 fully saturated rings. The molecule has 0 aromatic heterocycles. The summed E-state index contributed by atoms with van der Waals surface area (Å²) in [5, 5.41) is 13.0. The number of nitrogens with one attached hydrogen (secondary N) is 1. The van der Waals surface area contributed by atoms with E-state index in [1.807, 2.05) is 17.8 Å². The van der Waals surface area contributed by atoms with Gasteiger partial charge in [0.25, 0.3) is 0 Å².